The maximum absolute atomic E-state index is 13.7. The van der Waals surface area contributed by atoms with Crippen LogP contribution in [-0.4, -0.2) is 22.4 Å². The minimum atomic E-state index is -0.666. The predicted octanol–water partition coefficient (Wildman–Crippen LogP) is 5.99. The number of phenolic OH excluding ortho intramolecular Hbond substituents is 1. The Morgan fingerprint density at radius 2 is 1.78 bits per heavy atom. The van der Waals surface area contributed by atoms with E-state index in [9.17, 15) is 20.0 Å². The average molecular weight is 486 g/mol. The number of fused-ring (bicyclic) bond motifs is 1. The molecule has 0 saturated heterocycles. The number of benzene rings is 3. The van der Waals surface area contributed by atoms with E-state index in [-0.39, 0.29) is 24.1 Å². The summed E-state index contributed by atoms with van der Waals surface area (Å²) in [6.07, 6.45) is 0.950. The first kappa shape index (κ1) is 23.4. The molecule has 8 nitrogen and oxygen atoms in total. The molecule has 36 heavy (non-hydrogen) atoms. The minimum Gasteiger partial charge on any atom is -0.500 e. The fourth-order valence-electron chi connectivity index (χ4n) is 5.00. The van der Waals surface area contributed by atoms with Gasteiger partial charge in [0.2, 0.25) is 5.75 Å². The maximum atomic E-state index is 13.7. The molecular formula is C28H27N3O5. The number of nitro groups is 1. The number of nitrogens with one attached hydrogen (secondary N) is 2. The first-order valence-electron chi connectivity index (χ1n) is 11.9. The minimum absolute atomic E-state index is 0.0110. The number of nitro benzene ring substituents is 1. The van der Waals surface area contributed by atoms with Crippen LogP contribution < -0.4 is 15.4 Å². The van der Waals surface area contributed by atoms with Crippen molar-refractivity contribution in [2.24, 2.45) is 0 Å². The molecule has 3 aromatic carbocycles. The largest absolute Gasteiger partial charge is 0.500 e. The van der Waals surface area contributed by atoms with E-state index in [1.165, 1.54) is 6.07 Å². The van der Waals surface area contributed by atoms with Crippen molar-refractivity contribution >= 4 is 22.8 Å². The third kappa shape index (κ3) is 4.26. The highest BCUT2D eigenvalue weighted by Gasteiger charge is 2.37. The number of nitrogens with zero attached hydrogens (tertiary/aromatic N) is 1. The van der Waals surface area contributed by atoms with Crippen molar-refractivity contribution in [1.82, 2.24) is 0 Å². The zero-order valence-corrected chi connectivity index (χ0v) is 20.1. The number of allylic oxidation sites excluding steroid dienone is 1. The molecule has 184 valence electrons. The van der Waals surface area contributed by atoms with Crippen LogP contribution in [0.5, 0.6) is 11.5 Å². The van der Waals surface area contributed by atoms with E-state index in [4.69, 9.17) is 4.74 Å². The zero-order valence-electron chi connectivity index (χ0n) is 20.1. The Balaban J connectivity index is 1.65. The first-order valence-corrected chi connectivity index (χ1v) is 11.9. The highest BCUT2D eigenvalue weighted by Crippen LogP contribution is 2.47. The molecule has 0 unspecified atom stereocenters. The number of anilines is 2. The Hall–Kier alpha value is -4.33. The number of rotatable bonds is 5. The molecule has 0 aromatic heterocycles. The summed E-state index contributed by atoms with van der Waals surface area (Å²) < 4.78 is 5.51. The van der Waals surface area contributed by atoms with E-state index in [2.05, 4.69) is 34.9 Å². The molecule has 0 spiro atoms. The number of ketones is 1. The van der Waals surface area contributed by atoms with Gasteiger partial charge >= 0.3 is 5.69 Å². The number of aromatic hydroxyl groups is 1. The summed E-state index contributed by atoms with van der Waals surface area (Å²) in [5.74, 6) is -0.532. The Morgan fingerprint density at radius 1 is 1.06 bits per heavy atom. The monoisotopic (exact) mass is 485 g/mol. The number of Topliss-reactive ketones (excluding diaryl/α,β-unsaturated/α-hetero) is 1. The summed E-state index contributed by atoms with van der Waals surface area (Å²) in [7, 11) is 0. The number of hydrogen-bond acceptors (Lipinski definition) is 7. The fourth-order valence-corrected chi connectivity index (χ4v) is 5.00. The summed E-state index contributed by atoms with van der Waals surface area (Å²) in [6.45, 7) is 3.99. The molecular weight excluding hydrogens is 458 g/mol. The van der Waals surface area contributed by atoms with Gasteiger partial charge in [-0.25, -0.2) is 0 Å². The summed E-state index contributed by atoms with van der Waals surface area (Å²) in [4.78, 5) is 24.8. The lowest BCUT2D eigenvalue weighted by Crippen LogP contribution is -2.27. The van der Waals surface area contributed by atoms with Crippen molar-refractivity contribution in [3.63, 3.8) is 0 Å². The molecule has 1 aliphatic heterocycles. The third-order valence-electron chi connectivity index (χ3n) is 6.76. The van der Waals surface area contributed by atoms with Crippen LogP contribution in [0.1, 0.15) is 48.4 Å². The second-order valence-corrected chi connectivity index (χ2v) is 9.16. The summed E-state index contributed by atoms with van der Waals surface area (Å²) >= 11 is 0. The van der Waals surface area contributed by atoms with E-state index in [1.807, 2.05) is 31.2 Å². The first-order chi connectivity index (χ1) is 17.4. The van der Waals surface area contributed by atoms with Gasteiger partial charge in [-0.3, -0.25) is 14.9 Å². The van der Waals surface area contributed by atoms with Gasteiger partial charge in [0.1, 0.15) is 0 Å². The molecule has 8 heteroatoms. The van der Waals surface area contributed by atoms with Crippen molar-refractivity contribution in [3.8, 4) is 11.5 Å². The average Bonchev–Trinajstić information content (AvgIpc) is 3.02. The molecule has 1 heterocycles. The van der Waals surface area contributed by atoms with Gasteiger partial charge in [-0.05, 0) is 55.5 Å². The number of carbonyl (C=O) groups excluding carboxylic acids is 1. The van der Waals surface area contributed by atoms with Crippen LogP contribution >= 0.6 is 0 Å². The van der Waals surface area contributed by atoms with Gasteiger partial charge in [-0.1, -0.05) is 42.0 Å². The molecule has 0 saturated carbocycles. The van der Waals surface area contributed by atoms with Crippen LogP contribution in [0.2, 0.25) is 0 Å². The number of ether oxygens (including phenoxy) is 1. The molecule has 0 fully saturated rings. The second kappa shape index (κ2) is 9.37. The number of para-hydroxylation sites is 2. The molecule has 3 N–H and O–H groups in total. The van der Waals surface area contributed by atoms with Gasteiger partial charge in [0, 0.05) is 23.8 Å². The number of aryl methyl sites for hydroxylation is 1. The van der Waals surface area contributed by atoms with Gasteiger partial charge < -0.3 is 20.5 Å². The van der Waals surface area contributed by atoms with Crippen molar-refractivity contribution < 1.29 is 19.6 Å². The van der Waals surface area contributed by atoms with Crippen molar-refractivity contribution in [2.75, 3.05) is 17.2 Å². The zero-order chi connectivity index (χ0) is 25.4. The van der Waals surface area contributed by atoms with Gasteiger partial charge in [0.15, 0.2) is 11.5 Å². The van der Waals surface area contributed by atoms with E-state index >= 15 is 0 Å². The Bertz CT molecular complexity index is 1380. The number of carbonyl (C=O) groups is 1. The quantitative estimate of drug-likeness (QED) is 0.301. The van der Waals surface area contributed by atoms with Gasteiger partial charge in [0.25, 0.3) is 0 Å². The highest BCUT2D eigenvalue weighted by atomic mass is 16.6. The third-order valence-corrected chi connectivity index (χ3v) is 6.76. The van der Waals surface area contributed by atoms with Crippen LogP contribution in [0.4, 0.5) is 17.1 Å². The van der Waals surface area contributed by atoms with Crippen molar-refractivity contribution in [1.29, 1.82) is 0 Å². The number of hydrogen-bond donors (Lipinski definition) is 3. The molecule has 1 aliphatic carbocycles. The predicted molar refractivity (Wildman–Crippen MR) is 138 cm³/mol. The lowest BCUT2D eigenvalue weighted by molar-refractivity contribution is -0.386. The van der Waals surface area contributed by atoms with Crippen LogP contribution in [-0.2, 0) is 4.79 Å². The molecule has 5 rings (SSSR count). The molecule has 0 amide bonds. The van der Waals surface area contributed by atoms with E-state index in [0.717, 1.165) is 28.2 Å². The van der Waals surface area contributed by atoms with E-state index in [1.54, 1.807) is 13.0 Å². The Morgan fingerprint density at radius 3 is 2.47 bits per heavy atom. The van der Waals surface area contributed by atoms with Crippen molar-refractivity contribution in [2.45, 2.75) is 38.6 Å². The molecule has 0 bridgehead atoms. The molecule has 2 aliphatic rings. The molecule has 0 radical (unpaired) electrons. The number of phenols is 1. The summed E-state index contributed by atoms with van der Waals surface area (Å²) in [5, 5.41) is 29.0. The topological polar surface area (TPSA) is 114 Å². The Labute approximate surface area is 208 Å². The lowest BCUT2D eigenvalue weighted by Gasteiger charge is -2.30. The van der Waals surface area contributed by atoms with Crippen molar-refractivity contribution in [3.05, 3.63) is 98.7 Å². The molecule has 2 atom stereocenters. The standard InChI is InChI=1S/C28H27N3O5/c1-3-36-25-15-19(13-23(28(25)33)31(34)35)27-26-22(29-20-6-4-5-7-21(20)30-27)12-18(14-24(26)32)17-10-8-16(2)9-11-17/h4-11,13,15,18,27,29-30,33H,3,12,14H2,1-2H3/t18-,27+/m0/s1. The van der Waals surface area contributed by atoms with Crippen LogP contribution in [0.15, 0.2) is 71.9 Å². The van der Waals surface area contributed by atoms with Gasteiger partial charge in [0.05, 0.1) is 28.9 Å². The van der Waals surface area contributed by atoms with E-state index in [0.29, 0.717) is 24.0 Å². The second-order valence-electron chi connectivity index (χ2n) is 9.16. The summed E-state index contributed by atoms with van der Waals surface area (Å²) in [6, 6.07) is 18.1. The highest BCUT2D eigenvalue weighted by molar-refractivity contribution is 6.01. The fraction of sp³-hybridized carbons (Fsp3) is 0.250. The lowest BCUT2D eigenvalue weighted by atomic mass is 9.78. The van der Waals surface area contributed by atoms with Gasteiger partial charge in [-0.2, -0.15) is 0 Å². The van der Waals surface area contributed by atoms with Crippen LogP contribution in [0.3, 0.4) is 0 Å². The van der Waals surface area contributed by atoms with Crippen LogP contribution in [0.25, 0.3) is 0 Å². The van der Waals surface area contributed by atoms with E-state index < -0.39 is 22.4 Å². The summed E-state index contributed by atoms with van der Waals surface area (Å²) in [5.41, 5.74) is 5.18. The van der Waals surface area contributed by atoms with Gasteiger partial charge in [-0.15, -0.1) is 0 Å². The normalized spacial score (nSPS) is 18.9. The molecule has 3 aromatic rings. The Kier molecular flexibility index (Phi) is 6.10. The van der Waals surface area contributed by atoms with Crippen LogP contribution in [0, 0.1) is 17.0 Å². The maximum Gasteiger partial charge on any atom is 0.315 e. The SMILES string of the molecule is CCOc1cc([C@H]2Nc3ccccc3NC3=C2C(=O)C[C@@H](c2ccc(C)cc2)C3)cc([N+](=O)[O-])c1O. The smallest absolute Gasteiger partial charge is 0.315 e.